The molecular formula is C19H24Cl2N4. The van der Waals surface area contributed by atoms with Crippen LogP contribution in [0.3, 0.4) is 0 Å². The molecule has 1 aliphatic rings. The Morgan fingerprint density at radius 3 is 2.60 bits per heavy atom. The Kier molecular flexibility index (Phi) is 5.32. The number of hydrogen-bond acceptors (Lipinski definition) is 4. The van der Waals surface area contributed by atoms with Crippen molar-refractivity contribution in [3.63, 3.8) is 0 Å². The van der Waals surface area contributed by atoms with Crippen molar-refractivity contribution in [3.8, 4) is 0 Å². The summed E-state index contributed by atoms with van der Waals surface area (Å²) in [5, 5.41) is 4.72. The van der Waals surface area contributed by atoms with Gasteiger partial charge in [0.2, 0.25) is 0 Å². The lowest BCUT2D eigenvalue weighted by Gasteiger charge is -2.34. The van der Waals surface area contributed by atoms with E-state index in [4.69, 9.17) is 34.7 Å². The van der Waals surface area contributed by atoms with Crippen LogP contribution in [0.25, 0.3) is 0 Å². The Bertz CT molecular complexity index is 778. The molecule has 0 spiro atoms. The number of nitrogens with one attached hydrogen (secondary N) is 1. The van der Waals surface area contributed by atoms with Crippen molar-refractivity contribution in [2.24, 2.45) is 0 Å². The lowest BCUT2D eigenvalue weighted by molar-refractivity contribution is 0.485. The highest BCUT2D eigenvalue weighted by Crippen LogP contribution is 2.38. The standard InChI is InChI=1S/C19H24Cl2N4/c1-11-10-25(6-5-24-11)14-8-16(19(23)18(22)9-14)12(2)15-4-3-13(20)7-17(15)21/h3-4,7-9,11-12,24H,5-6,10,22-23H2,1-2H3/t11-,12+/m1/s1. The molecule has 5 N–H and O–H groups in total. The summed E-state index contributed by atoms with van der Waals surface area (Å²) in [6, 6.07) is 10.1. The molecule has 2 atom stereocenters. The summed E-state index contributed by atoms with van der Waals surface area (Å²) in [7, 11) is 0. The van der Waals surface area contributed by atoms with Gasteiger partial charge < -0.3 is 21.7 Å². The van der Waals surface area contributed by atoms with E-state index in [0.717, 1.165) is 36.4 Å². The summed E-state index contributed by atoms with van der Waals surface area (Å²) in [5.41, 5.74) is 16.8. The van der Waals surface area contributed by atoms with Gasteiger partial charge in [-0.1, -0.05) is 36.2 Å². The first-order valence-electron chi connectivity index (χ1n) is 8.49. The molecule has 2 aromatic carbocycles. The zero-order chi connectivity index (χ0) is 18.1. The number of rotatable bonds is 3. The van der Waals surface area contributed by atoms with Gasteiger partial charge in [-0.2, -0.15) is 0 Å². The van der Waals surface area contributed by atoms with Crippen molar-refractivity contribution in [2.45, 2.75) is 25.8 Å². The van der Waals surface area contributed by atoms with Crippen LogP contribution in [-0.2, 0) is 0 Å². The Morgan fingerprint density at radius 1 is 1.16 bits per heavy atom. The fraction of sp³-hybridized carbons (Fsp3) is 0.368. The molecule has 6 heteroatoms. The predicted octanol–water partition coefficient (Wildman–Crippen LogP) is 4.11. The van der Waals surface area contributed by atoms with Crippen LogP contribution in [0.2, 0.25) is 10.0 Å². The number of hydrogen-bond donors (Lipinski definition) is 3. The minimum atomic E-state index is 0.0207. The van der Waals surface area contributed by atoms with E-state index in [1.807, 2.05) is 18.2 Å². The number of piperazine rings is 1. The van der Waals surface area contributed by atoms with Gasteiger partial charge in [0.25, 0.3) is 0 Å². The Hall–Kier alpha value is -1.62. The molecule has 0 saturated carbocycles. The lowest BCUT2D eigenvalue weighted by Crippen LogP contribution is -2.49. The van der Waals surface area contributed by atoms with Crippen LogP contribution in [0, 0.1) is 0 Å². The first-order chi connectivity index (χ1) is 11.9. The summed E-state index contributed by atoms with van der Waals surface area (Å²) < 4.78 is 0. The van der Waals surface area contributed by atoms with E-state index < -0.39 is 0 Å². The van der Waals surface area contributed by atoms with E-state index in [1.54, 1.807) is 6.07 Å². The summed E-state index contributed by atoms with van der Waals surface area (Å²) in [4.78, 5) is 2.34. The SMILES string of the molecule is C[C@@H](c1ccc(Cl)cc1Cl)c1cc(N2CCN[C@H](C)C2)cc(N)c1N. The average Bonchev–Trinajstić information content (AvgIpc) is 2.56. The van der Waals surface area contributed by atoms with Crippen molar-refractivity contribution < 1.29 is 0 Å². The molecule has 0 aliphatic carbocycles. The van der Waals surface area contributed by atoms with Gasteiger partial charge in [0.15, 0.2) is 0 Å². The Balaban J connectivity index is 2.00. The third-order valence-electron chi connectivity index (χ3n) is 4.86. The van der Waals surface area contributed by atoms with Crippen LogP contribution >= 0.6 is 23.2 Å². The molecule has 1 aliphatic heterocycles. The molecule has 0 amide bonds. The predicted molar refractivity (Wildman–Crippen MR) is 109 cm³/mol. The first kappa shape index (κ1) is 18.2. The maximum atomic E-state index is 6.40. The monoisotopic (exact) mass is 378 g/mol. The van der Waals surface area contributed by atoms with Crippen LogP contribution in [-0.4, -0.2) is 25.7 Å². The number of halogens is 2. The van der Waals surface area contributed by atoms with Gasteiger partial charge >= 0.3 is 0 Å². The highest BCUT2D eigenvalue weighted by molar-refractivity contribution is 6.35. The summed E-state index contributed by atoms with van der Waals surface area (Å²) in [5.74, 6) is 0.0207. The minimum absolute atomic E-state index is 0.0207. The largest absolute Gasteiger partial charge is 0.397 e. The zero-order valence-electron chi connectivity index (χ0n) is 14.5. The molecule has 0 radical (unpaired) electrons. The molecule has 1 heterocycles. The van der Waals surface area contributed by atoms with Crippen molar-refractivity contribution in [1.82, 2.24) is 5.32 Å². The van der Waals surface area contributed by atoms with E-state index >= 15 is 0 Å². The summed E-state index contributed by atoms with van der Waals surface area (Å²) >= 11 is 12.4. The molecule has 0 unspecified atom stereocenters. The van der Waals surface area contributed by atoms with Crippen LogP contribution in [0.5, 0.6) is 0 Å². The molecule has 25 heavy (non-hydrogen) atoms. The molecule has 3 rings (SSSR count). The van der Waals surface area contributed by atoms with Crippen molar-refractivity contribution >= 4 is 40.3 Å². The average molecular weight is 379 g/mol. The van der Waals surface area contributed by atoms with E-state index in [2.05, 4.69) is 30.1 Å². The second-order valence-electron chi connectivity index (χ2n) is 6.73. The third kappa shape index (κ3) is 3.81. The molecule has 0 bridgehead atoms. The number of nitrogens with zero attached hydrogens (tertiary/aromatic N) is 1. The van der Waals surface area contributed by atoms with Crippen LogP contribution in [0.4, 0.5) is 17.1 Å². The Morgan fingerprint density at radius 2 is 1.92 bits per heavy atom. The van der Waals surface area contributed by atoms with Crippen molar-refractivity contribution in [1.29, 1.82) is 0 Å². The van der Waals surface area contributed by atoms with Gasteiger partial charge in [0.1, 0.15) is 0 Å². The van der Waals surface area contributed by atoms with Gasteiger partial charge in [0, 0.05) is 47.3 Å². The maximum Gasteiger partial charge on any atom is 0.0588 e. The van der Waals surface area contributed by atoms with E-state index in [0.29, 0.717) is 27.5 Å². The molecule has 134 valence electrons. The number of anilines is 3. The normalized spacial score (nSPS) is 19.0. The topological polar surface area (TPSA) is 67.3 Å². The first-order valence-corrected chi connectivity index (χ1v) is 9.24. The molecule has 2 aromatic rings. The second kappa shape index (κ2) is 7.32. The maximum absolute atomic E-state index is 6.40. The van der Waals surface area contributed by atoms with Gasteiger partial charge in [-0.15, -0.1) is 0 Å². The van der Waals surface area contributed by atoms with Gasteiger partial charge in [0.05, 0.1) is 11.4 Å². The summed E-state index contributed by atoms with van der Waals surface area (Å²) in [6.45, 7) is 7.12. The molecule has 0 aromatic heterocycles. The smallest absolute Gasteiger partial charge is 0.0588 e. The van der Waals surface area contributed by atoms with Crippen LogP contribution in [0.15, 0.2) is 30.3 Å². The quantitative estimate of drug-likeness (QED) is 0.703. The second-order valence-corrected chi connectivity index (χ2v) is 7.57. The third-order valence-corrected chi connectivity index (χ3v) is 5.42. The fourth-order valence-electron chi connectivity index (χ4n) is 3.41. The summed E-state index contributed by atoms with van der Waals surface area (Å²) in [6.07, 6.45) is 0. The number of nitrogens with two attached hydrogens (primary N) is 2. The number of nitrogen functional groups attached to an aromatic ring is 2. The lowest BCUT2D eigenvalue weighted by atomic mass is 9.90. The molecule has 1 saturated heterocycles. The van der Waals surface area contributed by atoms with Gasteiger partial charge in [-0.3, -0.25) is 0 Å². The van der Waals surface area contributed by atoms with Gasteiger partial charge in [-0.05, 0) is 42.3 Å². The minimum Gasteiger partial charge on any atom is -0.397 e. The van der Waals surface area contributed by atoms with E-state index in [-0.39, 0.29) is 5.92 Å². The Labute approximate surface area is 159 Å². The molecular weight excluding hydrogens is 355 g/mol. The zero-order valence-corrected chi connectivity index (χ0v) is 16.0. The highest BCUT2D eigenvalue weighted by atomic mass is 35.5. The van der Waals surface area contributed by atoms with Crippen LogP contribution in [0.1, 0.15) is 30.9 Å². The van der Waals surface area contributed by atoms with E-state index in [9.17, 15) is 0 Å². The highest BCUT2D eigenvalue weighted by Gasteiger charge is 2.21. The van der Waals surface area contributed by atoms with Crippen molar-refractivity contribution in [3.05, 3.63) is 51.5 Å². The van der Waals surface area contributed by atoms with Crippen LogP contribution < -0.4 is 21.7 Å². The fourth-order valence-corrected chi connectivity index (χ4v) is 3.98. The molecule has 1 fully saturated rings. The number of benzene rings is 2. The van der Waals surface area contributed by atoms with Gasteiger partial charge in [-0.25, -0.2) is 0 Å². The van der Waals surface area contributed by atoms with Crippen molar-refractivity contribution in [2.75, 3.05) is 36.0 Å². The molecule has 4 nitrogen and oxygen atoms in total. The van der Waals surface area contributed by atoms with E-state index in [1.165, 1.54) is 0 Å².